The second-order valence-electron chi connectivity index (χ2n) is 5.25. The summed E-state index contributed by atoms with van der Waals surface area (Å²) in [5, 5.41) is 8.64. The zero-order chi connectivity index (χ0) is 15.5. The van der Waals surface area contributed by atoms with Crippen molar-refractivity contribution in [3.63, 3.8) is 0 Å². The minimum atomic E-state index is -0.537. The number of Topliss-reactive ketones (excluding diaryl/α,β-unsaturated/α-hetero) is 1. The summed E-state index contributed by atoms with van der Waals surface area (Å²) in [7, 11) is 1.63. The van der Waals surface area contributed by atoms with Crippen molar-refractivity contribution in [2.24, 2.45) is 0 Å². The molecular formula is C13H17N3O3S. The van der Waals surface area contributed by atoms with Gasteiger partial charge in [0, 0.05) is 12.6 Å². The van der Waals surface area contributed by atoms with Crippen molar-refractivity contribution in [3.05, 3.63) is 10.6 Å². The Bertz CT molecular complexity index is 566. The lowest BCUT2D eigenvalue weighted by molar-refractivity contribution is 0.100. The average Bonchev–Trinajstić information content (AvgIpc) is 2.68. The minimum Gasteiger partial charge on any atom is -0.381 e. The monoisotopic (exact) mass is 295 g/mol. The Hall–Kier alpha value is -1.94. The van der Waals surface area contributed by atoms with E-state index in [0.29, 0.717) is 10.6 Å². The summed E-state index contributed by atoms with van der Waals surface area (Å²) in [6.07, 6.45) is -0.747. The van der Waals surface area contributed by atoms with Crippen LogP contribution in [0.5, 0.6) is 5.19 Å². The van der Waals surface area contributed by atoms with Gasteiger partial charge in [0.05, 0.1) is 23.1 Å². The molecule has 0 aromatic carbocycles. The number of aromatic nitrogens is 1. The van der Waals surface area contributed by atoms with Gasteiger partial charge in [-0.25, -0.2) is 9.78 Å². The number of carbonyl (C=O) groups excluding carboxylic acids is 2. The Morgan fingerprint density at radius 1 is 1.45 bits per heavy atom. The Kier molecular flexibility index (Phi) is 4.84. The van der Waals surface area contributed by atoms with Crippen LogP contribution in [0.1, 0.15) is 42.6 Å². The van der Waals surface area contributed by atoms with Gasteiger partial charge in [0.25, 0.3) is 5.19 Å². The van der Waals surface area contributed by atoms with E-state index in [2.05, 4.69) is 4.98 Å². The maximum absolute atomic E-state index is 11.9. The van der Waals surface area contributed by atoms with Crippen molar-refractivity contribution in [2.45, 2.75) is 39.7 Å². The van der Waals surface area contributed by atoms with Crippen molar-refractivity contribution in [1.29, 1.82) is 5.26 Å². The summed E-state index contributed by atoms with van der Waals surface area (Å²) < 4.78 is 5.15. The van der Waals surface area contributed by atoms with Crippen LogP contribution in [0.15, 0.2) is 0 Å². The maximum Gasteiger partial charge on any atom is 0.417 e. The molecule has 1 amide bonds. The number of ether oxygens (including phenoxy) is 1. The summed E-state index contributed by atoms with van der Waals surface area (Å²) >= 11 is 0.982. The van der Waals surface area contributed by atoms with E-state index in [1.165, 1.54) is 4.90 Å². The number of ketones is 1. The molecule has 0 fully saturated rings. The Balaban J connectivity index is 2.86. The van der Waals surface area contributed by atoms with Crippen LogP contribution in [0.3, 0.4) is 0 Å². The van der Waals surface area contributed by atoms with E-state index in [1.807, 2.05) is 20.8 Å². The van der Waals surface area contributed by atoms with Crippen LogP contribution in [0.4, 0.5) is 4.79 Å². The molecule has 0 saturated heterocycles. The third kappa shape index (κ3) is 3.78. The molecule has 0 aliphatic carbocycles. The molecule has 0 bridgehead atoms. The number of thiazole rings is 1. The second kappa shape index (κ2) is 6.01. The minimum absolute atomic E-state index is 0.116. The molecule has 6 nitrogen and oxygen atoms in total. The highest BCUT2D eigenvalue weighted by Crippen LogP contribution is 2.26. The van der Waals surface area contributed by atoms with Gasteiger partial charge < -0.3 is 9.64 Å². The first-order chi connectivity index (χ1) is 9.16. The maximum atomic E-state index is 11.9. The Morgan fingerprint density at radius 2 is 2.05 bits per heavy atom. The first kappa shape index (κ1) is 16.1. The van der Waals surface area contributed by atoms with Gasteiger partial charge in [-0.15, -0.1) is 0 Å². The molecule has 0 radical (unpaired) electrons. The molecule has 108 valence electrons. The predicted molar refractivity (Wildman–Crippen MR) is 75.0 cm³/mol. The molecule has 0 aliphatic rings. The van der Waals surface area contributed by atoms with Gasteiger partial charge in [-0.3, -0.25) is 4.79 Å². The first-order valence-electron chi connectivity index (χ1n) is 6.00. The largest absolute Gasteiger partial charge is 0.417 e. The number of rotatable bonds is 3. The average molecular weight is 295 g/mol. The molecule has 1 aromatic heterocycles. The highest BCUT2D eigenvalue weighted by Gasteiger charge is 2.25. The number of nitrogens with zero attached hydrogens (tertiary/aromatic N) is 3. The van der Waals surface area contributed by atoms with Gasteiger partial charge in [-0.1, -0.05) is 11.3 Å². The third-order valence-corrected chi connectivity index (χ3v) is 3.80. The molecule has 1 aromatic rings. The van der Waals surface area contributed by atoms with E-state index in [9.17, 15) is 9.59 Å². The van der Waals surface area contributed by atoms with Gasteiger partial charge in [-0.05, 0) is 27.7 Å². The molecule has 20 heavy (non-hydrogen) atoms. The standard InChI is InChI=1S/C13H17N3O3S/c1-8-10(9(17)6-7-14)20-11(15-8)19-12(18)16(5)13(2,3)4/h6H2,1-5H3. The number of hydrogen-bond acceptors (Lipinski definition) is 6. The van der Waals surface area contributed by atoms with Crippen LogP contribution < -0.4 is 4.74 Å². The predicted octanol–water partition coefficient (Wildman–Crippen LogP) is 2.78. The smallest absolute Gasteiger partial charge is 0.381 e. The SMILES string of the molecule is Cc1nc(OC(=O)N(C)C(C)(C)C)sc1C(=O)CC#N. The van der Waals surface area contributed by atoms with Crippen LogP contribution in [0.25, 0.3) is 0 Å². The molecule has 0 atom stereocenters. The lowest BCUT2D eigenvalue weighted by Crippen LogP contribution is -2.44. The molecule has 0 N–H and O–H groups in total. The lowest BCUT2D eigenvalue weighted by atomic mass is 10.1. The van der Waals surface area contributed by atoms with Gasteiger partial charge >= 0.3 is 6.09 Å². The summed E-state index contributed by atoms with van der Waals surface area (Å²) in [4.78, 5) is 29.4. The van der Waals surface area contributed by atoms with E-state index in [0.717, 1.165) is 11.3 Å². The van der Waals surface area contributed by atoms with Crippen molar-refractivity contribution in [1.82, 2.24) is 9.88 Å². The molecular weight excluding hydrogens is 278 g/mol. The summed E-state index contributed by atoms with van der Waals surface area (Å²) in [6, 6.07) is 1.79. The van der Waals surface area contributed by atoms with E-state index >= 15 is 0 Å². The molecule has 0 saturated carbocycles. The Labute approximate surface area is 122 Å². The summed E-state index contributed by atoms with van der Waals surface area (Å²) in [5.41, 5.74) is 0.0968. The molecule has 0 spiro atoms. The number of hydrogen-bond donors (Lipinski definition) is 0. The molecule has 0 unspecified atom stereocenters. The topological polar surface area (TPSA) is 83.3 Å². The third-order valence-electron chi connectivity index (χ3n) is 2.72. The van der Waals surface area contributed by atoms with Crippen LogP contribution >= 0.6 is 11.3 Å². The fourth-order valence-corrected chi connectivity index (χ4v) is 2.09. The van der Waals surface area contributed by atoms with Crippen LogP contribution in [-0.4, -0.2) is 34.3 Å². The lowest BCUT2D eigenvalue weighted by Gasteiger charge is -2.30. The van der Waals surface area contributed by atoms with Gasteiger partial charge in [0.15, 0.2) is 5.78 Å². The highest BCUT2D eigenvalue weighted by molar-refractivity contribution is 7.15. The number of carbonyl (C=O) groups is 2. The van der Waals surface area contributed by atoms with Crippen molar-refractivity contribution in [2.75, 3.05) is 7.05 Å². The second-order valence-corrected chi connectivity index (χ2v) is 6.21. The Morgan fingerprint density at radius 3 is 2.55 bits per heavy atom. The van der Waals surface area contributed by atoms with Crippen molar-refractivity contribution < 1.29 is 14.3 Å². The molecule has 0 aliphatic heterocycles. The van der Waals surface area contributed by atoms with Crippen LogP contribution in [0, 0.1) is 18.3 Å². The van der Waals surface area contributed by atoms with Gasteiger partial charge in [0.1, 0.15) is 0 Å². The van der Waals surface area contributed by atoms with Crippen molar-refractivity contribution in [3.8, 4) is 11.3 Å². The van der Waals surface area contributed by atoms with E-state index < -0.39 is 6.09 Å². The number of aryl methyl sites for hydroxylation is 1. The fourth-order valence-electron chi connectivity index (χ4n) is 1.24. The van der Waals surface area contributed by atoms with E-state index in [-0.39, 0.29) is 22.9 Å². The number of amides is 1. The van der Waals surface area contributed by atoms with E-state index in [1.54, 1.807) is 20.0 Å². The molecule has 1 heterocycles. The highest BCUT2D eigenvalue weighted by atomic mass is 32.1. The quantitative estimate of drug-likeness (QED) is 0.801. The van der Waals surface area contributed by atoms with Gasteiger partial charge in [-0.2, -0.15) is 5.26 Å². The normalized spacial score (nSPS) is 10.8. The first-order valence-corrected chi connectivity index (χ1v) is 6.81. The molecule has 7 heteroatoms. The molecule has 1 rings (SSSR count). The number of nitriles is 1. The van der Waals surface area contributed by atoms with Crippen molar-refractivity contribution >= 4 is 23.2 Å². The zero-order valence-electron chi connectivity index (χ0n) is 12.2. The van der Waals surface area contributed by atoms with Crippen LogP contribution in [-0.2, 0) is 0 Å². The van der Waals surface area contributed by atoms with E-state index in [4.69, 9.17) is 10.00 Å². The summed E-state index contributed by atoms with van der Waals surface area (Å²) in [6.45, 7) is 7.28. The zero-order valence-corrected chi connectivity index (χ0v) is 13.0. The van der Waals surface area contributed by atoms with Gasteiger partial charge in [0.2, 0.25) is 0 Å². The fraction of sp³-hybridized carbons (Fsp3) is 0.538. The summed E-state index contributed by atoms with van der Waals surface area (Å²) in [5.74, 6) is -0.311. The van der Waals surface area contributed by atoms with Crippen LogP contribution in [0.2, 0.25) is 0 Å².